The number of hydrogen-bond donors (Lipinski definition) is 1. The summed E-state index contributed by atoms with van der Waals surface area (Å²) in [4.78, 5) is 4.36. The van der Waals surface area contributed by atoms with Crippen molar-refractivity contribution in [1.82, 2.24) is 9.38 Å². The molecular formula is C21H18FN3O3S. The van der Waals surface area contributed by atoms with Gasteiger partial charge in [-0.2, -0.15) is 0 Å². The molecule has 0 aliphatic carbocycles. The molecule has 0 atom stereocenters. The summed E-state index contributed by atoms with van der Waals surface area (Å²) < 4.78 is 49.1. The van der Waals surface area contributed by atoms with Crippen LogP contribution in [0.5, 0.6) is 5.75 Å². The molecule has 0 spiro atoms. The Kier molecular flexibility index (Phi) is 4.71. The van der Waals surface area contributed by atoms with E-state index in [4.69, 9.17) is 4.74 Å². The van der Waals surface area contributed by atoms with Gasteiger partial charge >= 0.3 is 0 Å². The highest BCUT2D eigenvalue weighted by atomic mass is 32.2. The fraction of sp³-hybridized carbons (Fsp3) is 0.0952. The number of benzene rings is 2. The second-order valence-corrected chi connectivity index (χ2v) is 8.15. The molecule has 0 aliphatic heterocycles. The van der Waals surface area contributed by atoms with E-state index in [-0.39, 0.29) is 10.6 Å². The second-order valence-electron chi connectivity index (χ2n) is 6.49. The third kappa shape index (κ3) is 3.54. The van der Waals surface area contributed by atoms with Crippen molar-refractivity contribution < 1.29 is 17.5 Å². The van der Waals surface area contributed by atoms with E-state index in [9.17, 15) is 12.8 Å². The summed E-state index contributed by atoms with van der Waals surface area (Å²) in [6, 6.07) is 14.1. The number of methoxy groups -OCH3 is 1. The van der Waals surface area contributed by atoms with Crippen molar-refractivity contribution in [3.63, 3.8) is 0 Å². The molecule has 0 unspecified atom stereocenters. The van der Waals surface area contributed by atoms with Gasteiger partial charge in [0.15, 0.2) is 0 Å². The zero-order valence-electron chi connectivity index (χ0n) is 15.8. The first kappa shape index (κ1) is 18.9. The molecule has 0 amide bonds. The molecule has 2 aromatic heterocycles. The summed E-state index contributed by atoms with van der Waals surface area (Å²) in [5.74, 6) is -0.616. The van der Waals surface area contributed by atoms with E-state index >= 15 is 0 Å². The number of rotatable bonds is 5. The summed E-state index contributed by atoms with van der Waals surface area (Å²) in [6.45, 7) is 1.96. The van der Waals surface area contributed by atoms with Crippen LogP contribution in [0.25, 0.3) is 16.9 Å². The number of para-hydroxylation sites is 1. The average molecular weight is 411 g/mol. The van der Waals surface area contributed by atoms with E-state index in [1.807, 2.05) is 35.9 Å². The lowest BCUT2D eigenvalue weighted by Gasteiger charge is -2.13. The monoisotopic (exact) mass is 411 g/mol. The molecule has 4 rings (SSSR count). The first-order valence-corrected chi connectivity index (χ1v) is 10.3. The van der Waals surface area contributed by atoms with Gasteiger partial charge in [-0.05, 0) is 42.8 Å². The number of pyridine rings is 1. The van der Waals surface area contributed by atoms with E-state index in [0.29, 0.717) is 16.9 Å². The molecule has 2 heterocycles. The van der Waals surface area contributed by atoms with Crippen LogP contribution in [0.15, 0.2) is 71.9 Å². The molecule has 8 heteroatoms. The number of anilines is 1. The quantitative estimate of drug-likeness (QED) is 0.533. The minimum absolute atomic E-state index is 0.0553. The highest BCUT2D eigenvalue weighted by Gasteiger charge is 2.22. The standard InChI is InChI=1S/C21H18FN3O3S/c1-14-6-5-11-25-13-18(23-21(14)25)16-7-3-4-8-17(16)24-29(26,27)20-12-15(22)9-10-19(20)28-2/h3-13,24H,1-2H3. The Morgan fingerprint density at radius 3 is 2.66 bits per heavy atom. The topological polar surface area (TPSA) is 72.7 Å². The molecule has 29 heavy (non-hydrogen) atoms. The van der Waals surface area contributed by atoms with Crippen molar-refractivity contribution in [3.05, 3.63) is 78.4 Å². The van der Waals surface area contributed by atoms with Gasteiger partial charge in [-0.1, -0.05) is 24.3 Å². The van der Waals surface area contributed by atoms with Gasteiger partial charge < -0.3 is 9.14 Å². The fourth-order valence-electron chi connectivity index (χ4n) is 3.14. The van der Waals surface area contributed by atoms with Crippen LogP contribution in [0.1, 0.15) is 5.56 Å². The summed E-state index contributed by atoms with van der Waals surface area (Å²) in [6.07, 6.45) is 3.71. The zero-order valence-corrected chi connectivity index (χ0v) is 16.6. The lowest BCUT2D eigenvalue weighted by Crippen LogP contribution is -2.15. The second kappa shape index (κ2) is 7.21. The fourth-order valence-corrected chi connectivity index (χ4v) is 4.40. The number of aromatic nitrogens is 2. The average Bonchev–Trinajstić information content (AvgIpc) is 3.13. The van der Waals surface area contributed by atoms with Crippen LogP contribution in [0.2, 0.25) is 0 Å². The first-order chi connectivity index (χ1) is 13.9. The van der Waals surface area contributed by atoms with E-state index in [2.05, 4.69) is 9.71 Å². The molecule has 4 aromatic rings. The Morgan fingerprint density at radius 1 is 1.10 bits per heavy atom. The SMILES string of the molecule is COc1ccc(F)cc1S(=O)(=O)Nc1ccccc1-c1cn2cccc(C)c2n1. The van der Waals surface area contributed by atoms with Crippen molar-refractivity contribution in [1.29, 1.82) is 0 Å². The number of sulfonamides is 1. The van der Waals surface area contributed by atoms with Crippen LogP contribution in [-0.2, 0) is 10.0 Å². The first-order valence-electron chi connectivity index (χ1n) is 8.79. The number of imidazole rings is 1. The summed E-state index contributed by atoms with van der Waals surface area (Å²) in [7, 11) is -2.76. The van der Waals surface area contributed by atoms with E-state index in [1.54, 1.807) is 24.3 Å². The van der Waals surface area contributed by atoms with Gasteiger partial charge in [-0.15, -0.1) is 0 Å². The van der Waals surface area contributed by atoms with Gasteiger partial charge in [0.25, 0.3) is 10.0 Å². The molecule has 1 N–H and O–H groups in total. The molecule has 0 bridgehead atoms. The Balaban J connectivity index is 1.79. The third-order valence-corrected chi connectivity index (χ3v) is 5.93. The largest absolute Gasteiger partial charge is 0.495 e. The van der Waals surface area contributed by atoms with Crippen molar-refractivity contribution in [3.8, 4) is 17.0 Å². The Labute approximate surface area is 167 Å². The highest BCUT2D eigenvalue weighted by Crippen LogP contribution is 2.32. The van der Waals surface area contributed by atoms with Crippen molar-refractivity contribution in [2.45, 2.75) is 11.8 Å². The molecular weight excluding hydrogens is 393 g/mol. The summed E-state index contributed by atoms with van der Waals surface area (Å²) in [5, 5.41) is 0. The highest BCUT2D eigenvalue weighted by molar-refractivity contribution is 7.92. The Morgan fingerprint density at radius 2 is 1.90 bits per heavy atom. The molecule has 6 nitrogen and oxygen atoms in total. The van der Waals surface area contributed by atoms with Crippen LogP contribution in [0.4, 0.5) is 10.1 Å². The molecule has 0 radical (unpaired) electrons. The van der Waals surface area contributed by atoms with Crippen LogP contribution >= 0.6 is 0 Å². The van der Waals surface area contributed by atoms with Gasteiger partial charge in [-0.3, -0.25) is 4.72 Å². The van der Waals surface area contributed by atoms with E-state index in [1.165, 1.54) is 13.2 Å². The molecule has 0 fully saturated rings. The lowest BCUT2D eigenvalue weighted by molar-refractivity contribution is 0.401. The Bertz CT molecular complexity index is 1320. The lowest BCUT2D eigenvalue weighted by atomic mass is 10.1. The summed E-state index contributed by atoms with van der Waals surface area (Å²) >= 11 is 0. The predicted octanol–water partition coefficient (Wildman–Crippen LogP) is 4.26. The molecule has 148 valence electrons. The number of hydrogen-bond acceptors (Lipinski definition) is 4. The smallest absolute Gasteiger partial charge is 0.265 e. The maximum Gasteiger partial charge on any atom is 0.265 e. The maximum absolute atomic E-state index is 13.7. The minimum atomic E-state index is -4.10. The van der Waals surface area contributed by atoms with E-state index in [0.717, 1.165) is 23.3 Å². The van der Waals surface area contributed by atoms with Gasteiger partial charge in [0.1, 0.15) is 22.1 Å². The number of halogens is 1. The van der Waals surface area contributed by atoms with Crippen LogP contribution in [-0.4, -0.2) is 24.9 Å². The number of aryl methyl sites for hydroxylation is 1. The minimum Gasteiger partial charge on any atom is -0.495 e. The van der Waals surface area contributed by atoms with Crippen molar-refractivity contribution in [2.24, 2.45) is 0 Å². The summed E-state index contributed by atoms with van der Waals surface area (Å²) in [5.41, 5.74) is 3.34. The van der Waals surface area contributed by atoms with Crippen LogP contribution in [0.3, 0.4) is 0 Å². The number of nitrogens with one attached hydrogen (secondary N) is 1. The normalized spacial score (nSPS) is 11.6. The zero-order chi connectivity index (χ0) is 20.6. The Hall–Kier alpha value is -3.39. The van der Waals surface area contributed by atoms with Crippen molar-refractivity contribution in [2.75, 3.05) is 11.8 Å². The molecule has 2 aromatic carbocycles. The van der Waals surface area contributed by atoms with Gasteiger partial charge in [0, 0.05) is 18.0 Å². The maximum atomic E-state index is 13.7. The predicted molar refractivity (Wildman–Crippen MR) is 109 cm³/mol. The number of fused-ring (bicyclic) bond motifs is 1. The molecule has 0 saturated heterocycles. The molecule has 0 aliphatic rings. The number of ether oxygens (including phenoxy) is 1. The van der Waals surface area contributed by atoms with Crippen LogP contribution in [0, 0.1) is 12.7 Å². The molecule has 0 saturated carbocycles. The van der Waals surface area contributed by atoms with Crippen LogP contribution < -0.4 is 9.46 Å². The van der Waals surface area contributed by atoms with Gasteiger partial charge in [0.2, 0.25) is 0 Å². The van der Waals surface area contributed by atoms with Gasteiger partial charge in [0.05, 0.1) is 18.5 Å². The van der Waals surface area contributed by atoms with E-state index < -0.39 is 15.8 Å². The van der Waals surface area contributed by atoms with Gasteiger partial charge in [-0.25, -0.2) is 17.8 Å². The van der Waals surface area contributed by atoms with Crippen molar-refractivity contribution >= 4 is 21.4 Å². The number of nitrogens with zero attached hydrogens (tertiary/aromatic N) is 2. The third-order valence-electron chi connectivity index (χ3n) is 4.54.